The third kappa shape index (κ3) is 2.11. The highest BCUT2D eigenvalue weighted by atomic mass is 16.7. The molecule has 0 unspecified atom stereocenters. The lowest BCUT2D eigenvalue weighted by Gasteiger charge is -2.09. The average molecular weight is 202 g/mol. The van der Waals surface area contributed by atoms with Crippen molar-refractivity contribution < 1.29 is 14.3 Å². The van der Waals surface area contributed by atoms with Crippen molar-refractivity contribution >= 4 is 18.1 Å². The summed E-state index contributed by atoms with van der Waals surface area (Å²) in [5, 5.41) is 11.2. The van der Waals surface area contributed by atoms with Crippen LogP contribution >= 0.6 is 0 Å². The third-order valence-corrected chi connectivity index (χ3v) is 2.18. The fourth-order valence-corrected chi connectivity index (χ4v) is 1.46. The number of hydrogen-bond acceptors (Lipinski definition) is 3. The Kier molecular flexibility index (Phi) is 2.90. The third-order valence-electron chi connectivity index (χ3n) is 2.18. The maximum absolute atomic E-state index is 9.23. The van der Waals surface area contributed by atoms with Crippen molar-refractivity contribution in [3.05, 3.63) is 42.5 Å². The lowest BCUT2D eigenvalue weighted by Crippen LogP contribution is -2.24. The zero-order valence-electron chi connectivity index (χ0n) is 8.38. The van der Waals surface area contributed by atoms with Crippen molar-refractivity contribution in [2.75, 3.05) is 7.11 Å². The van der Waals surface area contributed by atoms with E-state index >= 15 is 0 Å². The van der Waals surface area contributed by atoms with E-state index in [1.165, 1.54) is 7.11 Å². The lowest BCUT2D eigenvalue weighted by atomic mass is 10.1. The van der Waals surface area contributed by atoms with Gasteiger partial charge in [0.2, 0.25) is 0 Å². The summed E-state index contributed by atoms with van der Waals surface area (Å²) in [6.45, 7) is 0. The van der Waals surface area contributed by atoms with Crippen LogP contribution in [0.3, 0.4) is 0 Å². The molecule has 3 nitrogen and oxygen atoms in total. The second-order valence-electron chi connectivity index (χ2n) is 3.14. The van der Waals surface area contributed by atoms with E-state index in [4.69, 9.17) is 4.65 Å². The monoisotopic (exact) mass is 202 g/mol. The number of fused-ring (bicyclic) bond motifs is 1. The molecule has 15 heavy (non-hydrogen) atoms. The van der Waals surface area contributed by atoms with E-state index < -0.39 is 7.32 Å². The van der Waals surface area contributed by atoms with Crippen molar-refractivity contribution in [1.29, 1.82) is 0 Å². The van der Waals surface area contributed by atoms with Crippen LogP contribution in [0.25, 0.3) is 10.8 Å². The van der Waals surface area contributed by atoms with Crippen molar-refractivity contribution in [2.24, 2.45) is 0 Å². The Hall–Kier alpha value is -1.52. The van der Waals surface area contributed by atoms with E-state index in [0.29, 0.717) is 5.75 Å². The Bertz CT molecular complexity index is 453. The second kappa shape index (κ2) is 4.34. The van der Waals surface area contributed by atoms with E-state index in [1.54, 1.807) is 6.07 Å². The van der Waals surface area contributed by atoms with Gasteiger partial charge < -0.3 is 14.3 Å². The highest BCUT2D eigenvalue weighted by Gasteiger charge is 2.16. The van der Waals surface area contributed by atoms with E-state index in [2.05, 4.69) is 4.65 Å². The fraction of sp³-hybridized carbons (Fsp3) is 0.0909. The molecule has 0 spiro atoms. The summed E-state index contributed by atoms with van der Waals surface area (Å²) < 4.78 is 9.85. The molecule has 0 saturated carbocycles. The van der Waals surface area contributed by atoms with Gasteiger partial charge in [0.1, 0.15) is 5.75 Å². The molecule has 76 valence electrons. The largest absolute Gasteiger partial charge is 0.710 e. The molecule has 2 rings (SSSR count). The molecule has 0 aliphatic heterocycles. The maximum atomic E-state index is 9.23. The average Bonchev–Trinajstić information content (AvgIpc) is 2.29. The Morgan fingerprint density at radius 2 is 1.80 bits per heavy atom. The molecule has 0 heterocycles. The molecule has 0 amide bonds. The van der Waals surface area contributed by atoms with Gasteiger partial charge in [0.05, 0.1) is 0 Å². The number of hydrogen-bond donors (Lipinski definition) is 1. The molecule has 0 aliphatic carbocycles. The Labute approximate surface area is 88.4 Å². The first-order valence-electron chi connectivity index (χ1n) is 4.66. The van der Waals surface area contributed by atoms with Gasteiger partial charge in [-0.2, -0.15) is 0 Å². The first-order valence-corrected chi connectivity index (χ1v) is 4.66. The highest BCUT2D eigenvalue weighted by molar-refractivity contribution is 6.35. The number of rotatable bonds is 3. The molecule has 0 radical (unpaired) electrons. The standard InChI is InChI=1S/C11H11BO3/c1-14-12(13)15-11-8-4-6-9-5-2-3-7-10(9)11/h2-8,13H,1H3. The van der Waals surface area contributed by atoms with Crippen LogP contribution in [0.4, 0.5) is 0 Å². The SMILES string of the molecule is COB(O)Oc1cccc2ccccc12. The second-order valence-corrected chi connectivity index (χ2v) is 3.14. The minimum Gasteiger partial charge on any atom is -0.511 e. The molecular formula is C11H11BO3. The van der Waals surface area contributed by atoms with Gasteiger partial charge in [-0.15, -0.1) is 0 Å². The summed E-state index contributed by atoms with van der Waals surface area (Å²) in [7, 11) is 0.159. The summed E-state index contributed by atoms with van der Waals surface area (Å²) >= 11 is 0. The van der Waals surface area contributed by atoms with Crippen LogP contribution in [-0.4, -0.2) is 19.5 Å². The van der Waals surface area contributed by atoms with E-state index in [1.807, 2.05) is 36.4 Å². The van der Waals surface area contributed by atoms with Crippen LogP contribution in [0.5, 0.6) is 5.75 Å². The molecule has 0 saturated heterocycles. The van der Waals surface area contributed by atoms with Crippen molar-refractivity contribution in [3.8, 4) is 5.75 Å². The Morgan fingerprint density at radius 3 is 2.60 bits per heavy atom. The summed E-state index contributed by atoms with van der Waals surface area (Å²) in [4.78, 5) is 0. The van der Waals surface area contributed by atoms with E-state index in [9.17, 15) is 5.02 Å². The molecule has 0 fully saturated rings. The van der Waals surface area contributed by atoms with E-state index in [-0.39, 0.29) is 0 Å². The summed E-state index contributed by atoms with van der Waals surface area (Å²) in [6.07, 6.45) is 0. The smallest absolute Gasteiger partial charge is 0.511 e. The molecule has 2 aromatic rings. The van der Waals surface area contributed by atoms with Crippen LogP contribution in [-0.2, 0) is 4.65 Å². The maximum Gasteiger partial charge on any atom is 0.710 e. The summed E-state index contributed by atoms with van der Waals surface area (Å²) in [5.41, 5.74) is 0. The lowest BCUT2D eigenvalue weighted by molar-refractivity contribution is 0.239. The number of benzene rings is 2. The normalized spacial score (nSPS) is 10.3. The molecule has 0 aliphatic rings. The van der Waals surface area contributed by atoms with Gasteiger partial charge in [-0.1, -0.05) is 36.4 Å². The van der Waals surface area contributed by atoms with Crippen LogP contribution in [0, 0.1) is 0 Å². The molecule has 0 aromatic heterocycles. The molecule has 4 heteroatoms. The first kappa shape index (κ1) is 10.0. The van der Waals surface area contributed by atoms with Crippen LogP contribution in [0.1, 0.15) is 0 Å². The van der Waals surface area contributed by atoms with Crippen LogP contribution in [0.15, 0.2) is 42.5 Å². The minimum absolute atomic E-state index is 0.613. The Morgan fingerprint density at radius 1 is 1.07 bits per heavy atom. The fourth-order valence-electron chi connectivity index (χ4n) is 1.46. The minimum atomic E-state index is -1.23. The molecule has 0 atom stereocenters. The highest BCUT2D eigenvalue weighted by Crippen LogP contribution is 2.25. The van der Waals surface area contributed by atoms with Crippen LogP contribution in [0.2, 0.25) is 0 Å². The Balaban J connectivity index is 2.42. The molecule has 0 bridgehead atoms. The van der Waals surface area contributed by atoms with Gasteiger partial charge >= 0.3 is 7.32 Å². The van der Waals surface area contributed by atoms with Gasteiger partial charge in [0.15, 0.2) is 0 Å². The summed E-state index contributed by atoms with van der Waals surface area (Å²) in [6, 6.07) is 13.5. The van der Waals surface area contributed by atoms with Crippen molar-refractivity contribution in [2.45, 2.75) is 0 Å². The van der Waals surface area contributed by atoms with Gasteiger partial charge in [0.25, 0.3) is 0 Å². The van der Waals surface area contributed by atoms with Crippen molar-refractivity contribution in [3.63, 3.8) is 0 Å². The predicted octanol–water partition coefficient (Wildman–Crippen LogP) is 1.84. The van der Waals surface area contributed by atoms with Gasteiger partial charge in [0, 0.05) is 12.5 Å². The van der Waals surface area contributed by atoms with Gasteiger partial charge in [-0.3, -0.25) is 0 Å². The molecule has 1 N–H and O–H groups in total. The topological polar surface area (TPSA) is 38.7 Å². The van der Waals surface area contributed by atoms with Gasteiger partial charge in [-0.25, -0.2) is 0 Å². The first-order chi connectivity index (χ1) is 7.31. The van der Waals surface area contributed by atoms with E-state index in [0.717, 1.165) is 10.8 Å². The molecular weight excluding hydrogens is 191 g/mol. The van der Waals surface area contributed by atoms with Crippen molar-refractivity contribution in [1.82, 2.24) is 0 Å². The van der Waals surface area contributed by atoms with Gasteiger partial charge in [-0.05, 0) is 11.5 Å². The van der Waals surface area contributed by atoms with Crippen LogP contribution < -0.4 is 4.65 Å². The quantitative estimate of drug-likeness (QED) is 0.771. The zero-order valence-corrected chi connectivity index (χ0v) is 8.38. The summed E-state index contributed by atoms with van der Waals surface area (Å²) in [5.74, 6) is 0.613. The molecule has 2 aromatic carbocycles. The zero-order chi connectivity index (χ0) is 10.7. The predicted molar refractivity (Wildman–Crippen MR) is 59.6 cm³/mol.